The SMILES string of the molecule is BC(B)C1CCCC(CC)C1. The van der Waals surface area contributed by atoms with Crippen molar-refractivity contribution in [2.45, 2.75) is 44.7 Å². The molecular weight excluding hydrogens is 130 g/mol. The number of hydrogen-bond donors (Lipinski definition) is 0. The van der Waals surface area contributed by atoms with Crippen LogP contribution in [0.5, 0.6) is 0 Å². The fourth-order valence-corrected chi connectivity index (χ4v) is 2.31. The molecule has 62 valence electrons. The van der Waals surface area contributed by atoms with Gasteiger partial charge in [-0.1, -0.05) is 44.2 Å². The largest absolute Gasteiger partial charge is 0.0960 e. The van der Waals surface area contributed by atoms with Crippen LogP contribution in [0.2, 0.25) is 5.72 Å². The van der Waals surface area contributed by atoms with Crippen molar-refractivity contribution >= 4 is 15.7 Å². The fourth-order valence-electron chi connectivity index (χ4n) is 2.31. The molecule has 0 heterocycles. The highest BCUT2D eigenvalue weighted by atomic mass is 14.2. The summed E-state index contributed by atoms with van der Waals surface area (Å²) in [6.07, 6.45) is 7.40. The quantitative estimate of drug-likeness (QED) is 0.519. The van der Waals surface area contributed by atoms with Crippen LogP contribution in [0, 0.1) is 11.8 Å². The zero-order valence-electron chi connectivity index (χ0n) is 8.27. The van der Waals surface area contributed by atoms with Crippen LogP contribution in [0.3, 0.4) is 0 Å². The molecule has 1 rings (SSSR count). The Morgan fingerprint density at radius 1 is 1.36 bits per heavy atom. The van der Waals surface area contributed by atoms with Gasteiger partial charge in [-0.3, -0.25) is 0 Å². The van der Waals surface area contributed by atoms with Crippen LogP contribution < -0.4 is 0 Å². The van der Waals surface area contributed by atoms with Crippen molar-refractivity contribution in [3.63, 3.8) is 0 Å². The number of hydrogen-bond acceptors (Lipinski definition) is 0. The molecule has 0 N–H and O–H groups in total. The van der Waals surface area contributed by atoms with Crippen LogP contribution in [0.25, 0.3) is 0 Å². The van der Waals surface area contributed by atoms with E-state index in [9.17, 15) is 0 Å². The summed E-state index contributed by atoms with van der Waals surface area (Å²) >= 11 is 0. The molecule has 2 unspecified atom stereocenters. The lowest BCUT2D eigenvalue weighted by Crippen LogP contribution is -2.19. The average molecular weight is 150 g/mol. The highest BCUT2D eigenvalue weighted by Crippen LogP contribution is 2.35. The van der Waals surface area contributed by atoms with Crippen LogP contribution in [-0.2, 0) is 0 Å². The first-order valence-electron chi connectivity index (χ1n) is 5.24. The van der Waals surface area contributed by atoms with E-state index in [1.807, 2.05) is 0 Å². The molecule has 0 aromatic heterocycles. The van der Waals surface area contributed by atoms with Gasteiger partial charge in [0.1, 0.15) is 0 Å². The Kier molecular flexibility index (Phi) is 3.54. The van der Waals surface area contributed by atoms with Crippen molar-refractivity contribution in [2.24, 2.45) is 11.8 Å². The summed E-state index contributed by atoms with van der Waals surface area (Å²) in [5.41, 5.74) is 0.921. The highest BCUT2D eigenvalue weighted by molar-refractivity contribution is 6.35. The summed E-state index contributed by atoms with van der Waals surface area (Å²) in [6, 6.07) is 0. The molecule has 2 heteroatoms. The Morgan fingerprint density at radius 2 is 2.09 bits per heavy atom. The minimum absolute atomic E-state index is 0.921. The van der Waals surface area contributed by atoms with Crippen LogP contribution in [0.1, 0.15) is 39.0 Å². The maximum atomic E-state index is 2.38. The normalized spacial score (nSPS) is 32.5. The van der Waals surface area contributed by atoms with Crippen molar-refractivity contribution in [3.05, 3.63) is 0 Å². The smallest absolute Gasteiger partial charge is 0.0932 e. The second-order valence-corrected chi connectivity index (χ2v) is 4.44. The van der Waals surface area contributed by atoms with Crippen LogP contribution >= 0.6 is 0 Å². The molecule has 0 spiro atoms. The Balaban J connectivity index is 2.33. The third-order valence-corrected chi connectivity index (χ3v) is 3.34. The molecule has 1 aliphatic carbocycles. The topological polar surface area (TPSA) is 0 Å². The summed E-state index contributed by atoms with van der Waals surface area (Å²) in [7, 11) is 4.76. The summed E-state index contributed by atoms with van der Waals surface area (Å²) < 4.78 is 0. The maximum absolute atomic E-state index is 2.38. The predicted octanol–water partition coefficient (Wildman–Crippen LogP) is 1.22. The number of rotatable bonds is 2. The van der Waals surface area contributed by atoms with E-state index in [4.69, 9.17) is 0 Å². The lowest BCUT2D eigenvalue weighted by Gasteiger charge is -2.31. The average Bonchev–Trinajstić information content (AvgIpc) is 2.05. The second-order valence-electron chi connectivity index (χ2n) is 4.44. The monoisotopic (exact) mass is 150 g/mol. The molecule has 0 aromatic carbocycles. The van der Waals surface area contributed by atoms with Crippen LogP contribution in [0.15, 0.2) is 0 Å². The van der Waals surface area contributed by atoms with Crippen LogP contribution in [-0.4, -0.2) is 15.7 Å². The molecule has 11 heavy (non-hydrogen) atoms. The first kappa shape index (κ1) is 9.22. The molecule has 0 saturated heterocycles. The molecule has 0 aromatic rings. The van der Waals surface area contributed by atoms with Gasteiger partial charge in [-0.05, 0) is 12.3 Å². The molecule has 0 amide bonds. The maximum Gasteiger partial charge on any atom is 0.0960 e. The summed E-state index contributed by atoms with van der Waals surface area (Å²) in [4.78, 5) is 0. The first-order chi connectivity index (χ1) is 5.24. The Hall–Kier alpha value is 0.130. The Morgan fingerprint density at radius 3 is 2.64 bits per heavy atom. The molecule has 0 radical (unpaired) electrons. The van der Waals surface area contributed by atoms with Gasteiger partial charge in [0.15, 0.2) is 0 Å². The zero-order valence-corrected chi connectivity index (χ0v) is 8.27. The fraction of sp³-hybridized carbons (Fsp3) is 1.00. The van der Waals surface area contributed by atoms with Gasteiger partial charge < -0.3 is 0 Å². The van der Waals surface area contributed by atoms with E-state index >= 15 is 0 Å². The molecular formula is C9H20B2. The first-order valence-corrected chi connectivity index (χ1v) is 5.24. The Bertz CT molecular complexity index is 112. The summed E-state index contributed by atoms with van der Waals surface area (Å²) in [5.74, 6) is 2.09. The Labute approximate surface area is 73.0 Å². The highest BCUT2D eigenvalue weighted by Gasteiger charge is 2.22. The van der Waals surface area contributed by atoms with Gasteiger partial charge >= 0.3 is 0 Å². The molecule has 1 saturated carbocycles. The molecule has 1 fully saturated rings. The van der Waals surface area contributed by atoms with E-state index in [0.717, 1.165) is 17.6 Å². The van der Waals surface area contributed by atoms with E-state index in [2.05, 4.69) is 22.6 Å². The second kappa shape index (κ2) is 4.23. The predicted molar refractivity (Wildman–Crippen MR) is 56.6 cm³/mol. The summed E-state index contributed by atoms with van der Waals surface area (Å²) in [5, 5.41) is 0. The van der Waals surface area contributed by atoms with E-state index in [1.54, 1.807) is 0 Å². The lowest BCUT2D eigenvalue weighted by atomic mass is 9.58. The van der Waals surface area contributed by atoms with E-state index in [0.29, 0.717) is 0 Å². The van der Waals surface area contributed by atoms with Gasteiger partial charge in [-0.2, -0.15) is 0 Å². The van der Waals surface area contributed by atoms with Crippen molar-refractivity contribution in [1.82, 2.24) is 0 Å². The molecule has 0 bridgehead atoms. The van der Waals surface area contributed by atoms with E-state index < -0.39 is 0 Å². The van der Waals surface area contributed by atoms with Gasteiger partial charge in [0.25, 0.3) is 0 Å². The third kappa shape index (κ3) is 2.57. The van der Waals surface area contributed by atoms with Gasteiger partial charge in [0, 0.05) is 0 Å². The lowest BCUT2D eigenvalue weighted by molar-refractivity contribution is 0.269. The van der Waals surface area contributed by atoms with Crippen molar-refractivity contribution in [2.75, 3.05) is 0 Å². The molecule has 1 aliphatic rings. The zero-order chi connectivity index (χ0) is 8.27. The van der Waals surface area contributed by atoms with Crippen LogP contribution in [0.4, 0.5) is 0 Å². The summed E-state index contributed by atoms with van der Waals surface area (Å²) in [6.45, 7) is 2.34. The third-order valence-electron chi connectivity index (χ3n) is 3.34. The van der Waals surface area contributed by atoms with E-state index in [-0.39, 0.29) is 0 Å². The van der Waals surface area contributed by atoms with Gasteiger partial charge in [0.05, 0.1) is 15.7 Å². The van der Waals surface area contributed by atoms with Crippen molar-refractivity contribution < 1.29 is 0 Å². The minimum Gasteiger partial charge on any atom is -0.0932 e. The van der Waals surface area contributed by atoms with Gasteiger partial charge in [-0.25, -0.2) is 0 Å². The van der Waals surface area contributed by atoms with Crippen molar-refractivity contribution in [1.29, 1.82) is 0 Å². The van der Waals surface area contributed by atoms with Gasteiger partial charge in [-0.15, -0.1) is 0 Å². The van der Waals surface area contributed by atoms with E-state index in [1.165, 1.54) is 32.1 Å². The minimum atomic E-state index is 0.921. The molecule has 0 nitrogen and oxygen atoms in total. The van der Waals surface area contributed by atoms with Crippen molar-refractivity contribution in [3.8, 4) is 0 Å². The van der Waals surface area contributed by atoms with Gasteiger partial charge in [0.2, 0.25) is 0 Å². The standard InChI is InChI=1S/C9H20B2/c1-2-7-4-3-5-8(6-7)9(10)11/h7-9H,2-6,10-11H2,1H3. The molecule has 2 atom stereocenters. The molecule has 0 aliphatic heterocycles.